The standard InChI is InChI=1S/C16H26N4/c1-18-15-9-14(2-3-17)20(19-15)16-12-5-10-4-11(7-12)8-13(16)6-10/h9-13,16H,2-8,17H2,1H3,(H,18,19). The maximum absolute atomic E-state index is 5.79. The summed E-state index contributed by atoms with van der Waals surface area (Å²) in [7, 11) is 1.95. The molecule has 110 valence electrons. The Kier molecular flexibility index (Phi) is 3.02. The molecule has 4 nitrogen and oxygen atoms in total. The summed E-state index contributed by atoms with van der Waals surface area (Å²) >= 11 is 0. The molecule has 4 aliphatic rings. The van der Waals surface area contributed by atoms with Gasteiger partial charge in [0, 0.05) is 25.2 Å². The van der Waals surface area contributed by atoms with Crippen LogP contribution in [0.25, 0.3) is 0 Å². The molecule has 0 saturated heterocycles. The van der Waals surface area contributed by atoms with E-state index in [1.54, 1.807) is 0 Å². The SMILES string of the molecule is CNc1cc(CCN)n(C2C3CC4CC(C3)CC2C4)n1. The van der Waals surface area contributed by atoms with E-state index in [-0.39, 0.29) is 0 Å². The van der Waals surface area contributed by atoms with Crippen molar-refractivity contribution < 1.29 is 0 Å². The third-order valence-corrected chi connectivity index (χ3v) is 5.93. The molecule has 0 radical (unpaired) electrons. The summed E-state index contributed by atoms with van der Waals surface area (Å²) < 4.78 is 2.35. The van der Waals surface area contributed by atoms with E-state index in [9.17, 15) is 0 Å². The predicted octanol–water partition coefficient (Wildman–Crippen LogP) is 2.42. The van der Waals surface area contributed by atoms with Gasteiger partial charge in [-0.25, -0.2) is 0 Å². The zero-order chi connectivity index (χ0) is 13.7. The first kappa shape index (κ1) is 12.7. The average Bonchev–Trinajstić information content (AvgIpc) is 2.81. The molecule has 0 unspecified atom stereocenters. The topological polar surface area (TPSA) is 55.9 Å². The number of rotatable bonds is 4. The first-order valence-electron chi connectivity index (χ1n) is 8.24. The Labute approximate surface area is 121 Å². The van der Waals surface area contributed by atoms with E-state index < -0.39 is 0 Å². The number of nitrogens with two attached hydrogens (primary N) is 1. The summed E-state index contributed by atoms with van der Waals surface area (Å²) in [6, 6.07) is 2.84. The van der Waals surface area contributed by atoms with Crippen molar-refractivity contribution in [2.24, 2.45) is 29.4 Å². The van der Waals surface area contributed by atoms with Gasteiger partial charge in [0.15, 0.2) is 0 Å². The van der Waals surface area contributed by atoms with E-state index in [1.807, 2.05) is 7.05 Å². The zero-order valence-electron chi connectivity index (χ0n) is 12.4. The highest BCUT2D eigenvalue weighted by Gasteiger charge is 2.49. The monoisotopic (exact) mass is 274 g/mol. The van der Waals surface area contributed by atoms with Crippen LogP contribution in [0.5, 0.6) is 0 Å². The van der Waals surface area contributed by atoms with Crippen LogP contribution in [-0.2, 0) is 6.42 Å². The second-order valence-corrected chi connectivity index (χ2v) is 7.18. The van der Waals surface area contributed by atoms with E-state index in [0.717, 1.165) is 35.9 Å². The number of nitrogens with one attached hydrogen (secondary N) is 1. The summed E-state index contributed by atoms with van der Waals surface area (Å²) in [5.41, 5.74) is 7.12. The number of aromatic nitrogens is 2. The van der Waals surface area contributed by atoms with Gasteiger partial charge in [-0.3, -0.25) is 4.68 Å². The Morgan fingerprint density at radius 3 is 2.40 bits per heavy atom. The van der Waals surface area contributed by atoms with Crippen LogP contribution in [-0.4, -0.2) is 23.4 Å². The average molecular weight is 274 g/mol. The lowest BCUT2D eigenvalue weighted by Gasteiger charge is -2.54. The minimum absolute atomic E-state index is 0.645. The van der Waals surface area contributed by atoms with E-state index in [0.29, 0.717) is 12.6 Å². The number of hydrogen-bond acceptors (Lipinski definition) is 3. The minimum atomic E-state index is 0.645. The van der Waals surface area contributed by atoms with Crippen LogP contribution in [0, 0.1) is 23.7 Å². The molecule has 1 aromatic rings. The van der Waals surface area contributed by atoms with Crippen molar-refractivity contribution in [2.75, 3.05) is 18.9 Å². The van der Waals surface area contributed by atoms with Gasteiger partial charge in [0.1, 0.15) is 5.82 Å². The third kappa shape index (κ3) is 1.88. The number of hydrogen-bond donors (Lipinski definition) is 2. The highest BCUT2D eigenvalue weighted by atomic mass is 15.3. The molecule has 4 heteroatoms. The highest BCUT2D eigenvalue weighted by Crippen LogP contribution is 2.58. The molecule has 0 atom stereocenters. The fraction of sp³-hybridized carbons (Fsp3) is 0.812. The molecule has 0 aliphatic heterocycles. The molecule has 4 bridgehead atoms. The molecule has 4 saturated carbocycles. The van der Waals surface area contributed by atoms with Crippen LogP contribution < -0.4 is 11.1 Å². The van der Waals surface area contributed by atoms with Gasteiger partial charge >= 0.3 is 0 Å². The van der Waals surface area contributed by atoms with Gasteiger partial charge < -0.3 is 11.1 Å². The molecule has 4 aliphatic carbocycles. The van der Waals surface area contributed by atoms with Gasteiger partial charge in [-0.05, 0) is 62.3 Å². The predicted molar refractivity (Wildman–Crippen MR) is 80.6 cm³/mol. The molecule has 3 N–H and O–H groups in total. The molecular weight excluding hydrogens is 248 g/mol. The van der Waals surface area contributed by atoms with E-state index >= 15 is 0 Å². The van der Waals surface area contributed by atoms with Crippen LogP contribution in [0.4, 0.5) is 5.82 Å². The van der Waals surface area contributed by atoms with Gasteiger partial charge in [-0.2, -0.15) is 5.10 Å². The van der Waals surface area contributed by atoms with E-state index in [1.165, 1.54) is 37.8 Å². The summed E-state index contributed by atoms with van der Waals surface area (Å²) in [6.07, 6.45) is 8.21. The molecule has 0 spiro atoms. The quantitative estimate of drug-likeness (QED) is 0.886. The minimum Gasteiger partial charge on any atom is -0.372 e. The molecule has 0 aromatic carbocycles. The highest BCUT2D eigenvalue weighted by molar-refractivity contribution is 5.35. The van der Waals surface area contributed by atoms with Crippen molar-refractivity contribution in [1.29, 1.82) is 0 Å². The Balaban J connectivity index is 1.68. The van der Waals surface area contributed by atoms with Crippen LogP contribution in [0.3, 0.4) is 0 Å². The van der Waals surface area contributed by atoms with Crippen LogP contribution in [0.15, 0.2) is 6.07 Å². The van der Waals surface area contributed by atoms with Crippen LogP contribution in [0.2, 0.25) is 0 Å². The van der Waals surface area contributed by atoms with Crippen molar-refractivity contribution in [2.45, 2.75) is 44.6 Å². The van der Waals surface area contributed by atoms with Crippen molar-refractivity contribution >= 4 is 5.82 Å². The maximum atomic E-state index is 5.79. The fourth-order valence-electron chi connectivity index (χ4n) is 5.44. The molecule has 1 aromatic heterocycles. The summed E-state index contributed by atoms with van der Waals surface area (Å²) in [4.78, 5) is 0. The maximum Gasteiger partial charge on any atom is 0.148 e. The first-order chi connectivity index (χ1) is 9.78. The Morgan fingerprint density at radius 2 is 1.85 bits per heavy atom. The zero-order valence-corrected chi connectivity index (χ0v) is 12.4. The lowest BCUT2D eigenvalue weighted by Crippen LogP contribution is -2.46. The largest absolute Gasteiger partial charge is 0.372 e. The summed E-state index contributed by atoms with van der Waals surface area (Å²) in [6.45, 7) is 0.710. The van der Waals surface area contributed by atoms with Gasteiger partial charge in [-0.1, -0.05) is 0 Å². The van der Waals surface area contributed by atoms with Gasteiger partial charge in [0.2, 0.25) is 0 Å². The van der Waals surface area contributed by atoms with Gasteiger partial charge in [0.05, 0.1) is 6.04 Å². The second kappa shape index (κ2) is 4.76. The van der Waals surface area contributed by atoms with E-state index in [2.05, 4.69) is 16.1 Å². The van der Waals surface area contributed by atoms with Crippen molar-refractivity contribution in [3.8, 4) is 0 Å². The second-order valence-electron chi connectivity index (χ2n) is 7.18. The van der Waals surface area contributed by atoms with Crippen molar-refractivity contribution in [3.05, 3.63) is 11.8 Å². The number of anilines is 1. The summed E-state index contributed by atoms with van der Waals surface area (Å²) in [5.74, 6) is 4.78. The molecule has 20 heavy (non-hydrogen) atoms. The lowest BCUT2D eigenvalue weighted by molar-refractivity contribution is -0.0345. The van der Waals surface area contributed by atoms with Gasteiger partial charge in [-0.15, -0.1) is 0 Å². The lowest BCUT2D eigenvalue weighted by atomic mass is 9.54. The number of nitrogens with zero attached hydrogens (tertiary/aromatic N) is 2. The van der Waals surface area contributed by atoms with E-state index in [4.69, 9.17) is 10.8 Å². The molecular formula is C16H26N4. The van der Waals surface area contributed by atoms with Crippen molar-refractivity contribution in [3.63, 3.8) is 0 Å². The Morgan fingerprint density at radius 1 is 1.20 bits per heavy atom. The van der Waals surface area contributed by atoms with Crippen molar-refractivity contribution in [1.82, 2.24) is 9.78 Å². The summed E-state index contributed by atoms with van der Waals surface area (Å²) in [5, 5.41) is 8.04. The van der Waals surface area contributed by atoms with Crippen LogP contribution in [0.1, 0.15) is 43.8 Å². The molecule has 1 heterocycles. The Bertz CT molecular complexity index is 465. The van der Waals surface area contributed by atoms with Crippen LogP contribution >= 0.6 is 0 Å². The fourth-order valence-corrected chi connectivity index (χ4v) is 5.44. The van der Waals surface area contributed by atoms with Gasteiger partial charge in [0.25, 0.3) is 0 Å². The molecule has 0 amide bonds. The Hall–Kier alpha value is -1.03. The normalized spacial score (nSPS) is 38.4. The smallest absolute Gasteiger partial charge is 0.148 e. The first-order valence-corrected chi connectivity index (χ1v) is 8.24. The third-order valence-electron chi connectivity index (χ3n) is 5.93. The molecule has 4 fully saturated rings. The molecule has 5 rings (SSSR count).